The summed E-state index contributed by atoms with van der Waals surface area (Å²) in [6, 6.07) is 18.1. The van der Waals surface area contributed by atoms with Crippen molar-refractivity contribution in [2.75, 3.05) is 5.73 Å². The number of carbonyl (C=O) groups excluding carboxylic acids is 1. The van der Waals surface area contributed by atoms with Crippen LogP contribution in [0.2, 0.25) is 0 Å². The van der Waals surface area contributed by atoms with Crippen LogP contribution >= 0.6 is 0 Å². The molecule has 1 aliphatic heterocycles. The van der Waals surface area contributed by atoms with Crippen LogP contribution in [0.4, 0.5) is 5.82 Å². The van der Waals surface area contributed by atoms with E-state index in [2.05, 4.69) is 32.3 Å². The highest BCUT2D eigenvalue weighted by Gasteiger charge is 2.24. The molecule has 1 atom stereocenters. The van der Waals surface area contributed by atoms with Gasteiger partial charge in [0.15, 0.2) is 11.5 Å². The van der Waals surface area contributed by atoms with Crippen LogP contribution in [0.5, 0.6) is 0 Å². The van der Waals surface area contributed by atoms with E-state index in [9.17, 15) is 9.59 Å². The minimum absolute atomic E-state index is 0.0743. The summed E-state index contributed by atoms with van der Waals surface area (Å²) in [6.07, 6.45) is 8.26. The van der Waals surface area contributed by atoms with Gasteiger partial charge in [-0.25, -0.2) is 9.50 Å². The van der Waals surface area contributed by atoms with E-state index in [4.69, 9.17) is 5.73 Å². The van der Waals surface area contributed by atoms with Gasteiger partial charge in [0.25, 0.3) is 11.5 Å². The molecule has 1 amide bonds. The van der Waals surface area contributed by atoms with E-state index < -0.39 is 11.9 Å². The summed E-state index contributed by atoms with van der Waals surface area (Å²) < 4.78 is 5.13. The maximum Gasteiger partial charge on any atom is 0.264 e. The molecule has 1 aliphatic rings. The lowest BCUT2D eigenvalue weighted by Crippen LogP contribution is -2.32. The quantitative estimate of drug-likeness (QED) is 0.309. The number of nitrogens with zero attached hydrogens (tertiary/aromatic N) is 6. The van der Waals surface area contributed by atoms with Crippen molar-refractivity contribution in [2.45, 2.75) is 38.8 Å². The molecule has 6 aromatic rings. The molecule has 3 N–H and O–H groups in total. The van der Waals surface area contributed by atoms with E-state index >= 15 is 0 Å². The van der Waals surface area contributed by atoms with Gasteiger partial charge in [0.2, 0.25) is 0 Å². The number of pyridine rings is 1. The summed E-state index contributed by atoms with van der Waals surface area (Å²) in [5.74, 6) is 6.19. The van der Waals surface area contributed by atoms with E-state index in [1.54, 1.807) is 23.0 Å². The summed E-state index contributed by atoms with van der Waals surface area (Å²) in [5.41, 5.74) is 10.4. The maximum absolute atomic E-state index is 14.3. The zero-order chi connectivity index (χ0) is 29.5. The standard InChI is InChI=1S/C33H28N8O2/c1-21(37-32(42)29-30(34)38-40-18-8-16-35-31(29)40)27-19-23-10-7-9-22(14-15-24-20-36-39-17-6-5-13-26(24)39)28(23)33(43)41(27)25-11-3-2-4-12-25/h2-4,7-12,16,18-21H,5-6,13,17H2,1H3,(H2,34,38)(H,37,42). The lowest BCUT2D eigenvalue weighted by Gasteiger charge is -2.21. The van der Waals surface area contributed by atoms with Gasteiger partial charge in [-0.15, -0.1) is 5.10 Å². The van der Waals surface area contributed by atoms with Crippen LogP contribution in [0.3, 0.4) is 0 Å². The Bertz CT molecular complexity index is 2150. The Morgan fingerprint density at radius 1 is 1.05 bits per heavy atom. The number of hydrogen-bond acceptors (Lipinski definition) is 6. The van der Waals surface area contributed by atoms with E-state index in [1.165, 1.54) is 4.52 Å². The maximum atomic E-state index is 14.3. The van der Waals surface area contributed by atoms with Crippen molar-refractivity contribution in [3.05, 3.63) is 118 Å². The minimum atomic E-state index is -0.573. The third-order valence-electron chi connectivity index (χ3n) is 7.84. The Balaban J connectivity index is 1.33. The highest BCUT2D eigenvalue weighted by Crippen LogP contribution is 2.25. The molecule has 0 saturated carbocycles. The fourth-order valence-corrected chi connectivity index (χ4v) is 5.77. The van der Waals surface area contributed by atoms with Gasteiger partial charge < -0.3 is 11.1 Å². The van der Waals surface area contributed by atoms with Crippen molar-refractivity contribution in [1.29, 1.82) is 0 Å². The Kier molecular flexibility index (Phi) is 6.47. The first-order valence-electron chi connectivity index (χ1n) is 14.2. The molecule has 7 rings (SSSR count). The Labute approximate surface area is 246 Å². The molecule has 0 aliphatic carbocycles. The van der Waals surface area contributed by atoms with Gasteiger partial charge in [-0.05, 0) is 61.9 Å². The summed E-state index contributed by atoms with van der Waals surface area (Å²) >= 11 is 0. The molecular weight excluding hydrogens is 540 g/mol. The lowest BCUT2D eigenvalue weighted by atomic mass is 10.0. The van der Waals surface area contributed by atoms with Crippen molar-refractivity contribution in [3.8, 4) is 17.5 Å². The van der Waals surface area contributed by atoms with Crippen molar-refractivity contribution in [2.24, 2.45) is 0 Å². The van der Waals surface area contributed by atoms with E-state index in [0.29, 0.717) is 28.0 Å². The SMILES string of the molecule is CC(NC(=O)c1c(N)nn2cccnc12)c1cc2cccc(C#Cc3cnn4c3CCCC4)c2c(=O)n1-c1ccccc1. The Hall–Kier alpha value is -5.69. The van der Waals surface area contributed by atoms with Crippen molar-refractivity contribution >= 4 is 28.1 Å². The number of anilines is 1. The molecular formula is C33H28N8O2. The van der Waals surface area contributed by atoms with Gasteiger partial charge >= 0.3 is 0 Å². The first-order valence-corrected chi connectivity index (χ1v) is 14.2. The fourth-order valence-electron chi connectivity index (χ4n) is 5.77. The molecule has 2 aromatic carbocycles. The lowest BCUT2D eigenvalue weighted by molar-refractivity contribution is 0.0941. The normalized spacial score (nSPS) is 13.3. The molecule has 0 saturated heterocycles. The van der Waals surface area contributed by atoms with E-state index in [1.807, 2.05) is 72.4 Å². The number of aromatic nitrogens is 6. The highest BCUT2D eigenvalue weighted by atomic mass is 16.2. The molecule has 0 bridgehead atoms. The number of nitrogens with one attached hydrogen (secondary N) is 1. The third-order valence-corrected chi connectivity index (χ3v) is 7.84. The smallest absolute Gasteiger partial charge is 0.264 e. The topological polar surface area (TPSA) is 125 Å². The number of amides is 1. The molecule has 0 spiro atoms. The first kappa shape index (κ1) is 26.2. The largest absolute Gasteiger partial charge is 0.381 e. The van der Waals surface area contributed by atoms with Crippen LogP contribution < -0.4 is 16.6 Å². The number of benzene rings is 2. The van der Waals surface area contributed by atoms with Gasteiger partial charge in [0, 0.05) is 35.9 Å². The summed E-state index contributed by atoms with van der Waals surface area (Å²) in [4.78, 5) is 32.1. The average Bonchev–Trinajstić information content (AvgIpc) is 3.60. The Morgan fingerprint density at radius 3 is 2.74 bits per heavy atom. The number of hydrogen-bond donors (Lipinski definition) is 2. The predicted molar refractivity (Wildman–Crippen MR) is 164 cm³/mol. The second-order valence-electron chi connectivity index (χ2n) is 10.6. The zero-order valence-corrected chi connectivity index (χ0v) is 23.5. The van der Waals surface area contributed by atoms with Crippen molar-refractivity contribution in [3.63, 3.8) is 0 Å². The molecule has 4 aromatic heterocycles. The molecule has 0 fully saturated rings. The number of aryl methyl sites for hydroxylation is 1. The van der Waals surface area contributed by atoms with E-state index in [0.717, 1.165) is 42.5 Å². The van der Waals surface area contributed by atoms with Crippen molar-refractivity contribution in [1.82, 2.24) is 34.3 Å². The Morgan fingerprint density at radius 2 is 1.88 bits per heavy atom. The molecule has 1 unspecified atom stereocenters. The van der Waals surface area contributed by atoms with Crippen LogP contribution in [-0.2, 0) is 13.0 Å². The molecule has 212 valence electrons. The summed E-state index contributed by atoms with van der Waals surface area (Å²) in [5, 5.41) is 13.0. The summed E-state index contributed by atoms with van der Waals surface area (Å²) in [6.45, 7) is 2.74. The number of para-hydroxylation sites is 1. The minimum Gasteiger partial charge on any atom is -0.381 e. The van der Waals surface area contributed by atoms with Gasteiger partial charge in [0.05, 0.1) is 28.9 Å². The van der Waals surface area contributed by atoms with Gasteiger partial charge in [0.1, 0.15) is 5.56 Å². The van der Waals surface area contributed by atoms with E-state index in [-0.39, 0.29) is 16.9 Å². The number of fused-ring (bicyclic) bond motifs is 3. The molecule has 5 heterocycles. The van der Waals surface area contributed by atoms with Crippen LogP contribution in [0, 0.1) is 11.8 Å². The molecule has 43 heavy (non-hydrogen) atoms. The molecule has 0 radical (unpaired) electrons. The van der Waals surface area contributed by atoms with Gasteiger partial charge in [-0.2, -0.15) is 5.10 Å². The average molecular weight is 569 g/mol. The van der Waals surface area contributed by atoms with Crippen molar-refractivity contribution < 1.29 is 4.79 Å². The zero-order valence-electron chi connectivity index (χ0n) is 23.5. The number of nitrogens with two attached hydrogens (primary N) is 1. The summed E-state index contributed by atoms with van der Waals surface area (Å²) in [7, 11) is 0. The van der Waals surface area contributed by atoms with Gasteiger partial charge in [-0.3, -0.25) is 18.8 Å². The molecule has 10 nitrogen and oxygen atoms in total. The monoisotopic (exact) mass is 568 g/mol. The number of carbonyl (C=O) groups is 1. The number of rotatable bonds is 4. The second-order valence-corrected chi connectivity index (χ2v) is 10.6. The van der Waals surface area contributed by atoms with Crippen LogP contribution in [0.25, 0.3) is 22.1 Å². The number of nitrogen functional groups attached to an aromatic ring is 1. The fraction of sp³-hybridized carbons (Fsp3) is 0.182. The van der Waals surface area contributed by atoms with Crippen LogP contribution in [0.1, 0.15) is 58.7 Å². The molecule has 10 heteroatoms. The van der Waals surface area contributed by atoms with Gasteiger partial charge in [-0.1, -0.05) is 42.2 Å². The van der Waals surface area contributed by atoms with Crippen LogP contribution in [-0.4, -0.2) is 34.9 Å². The third kappa shape index (κ3) is 4.61. The second kappa shape index (κ2) is 10.6. The predicted octanol–water partition coefficient (Wildman–Crippen LogP) is 4.04. The highest BCUT2D eigenvalue weighted by molar-refractivity contribution is 6.04. The van der Waals surface area contributed by atoms with Crippen LogP contribution in [0.15, 0.2) is 84.0 Å². The first-order chi connectivity index (χ1) is 21.0.